The largest absolute Gasteiger partial charge is 0.481 e. The molecule has 0 amide bonds. The highest BCUT2D eigenvalue weighted by Gasteiger charge is 2.21. The molecule has 26 heavy (non-hydrogen) atoms. The number of hydrogen-bond acceptors (Lipinski definition) is 5. The molecule has 2 aromatic heterocycles. The summed E-state index contributed by atoms with van der Waals surface area (Å²) < 4.78 is 5.42. The summed E-state index contributed by atoms with van der Waals surface area (Å²) in [7, 11) is 1.62. The second-order valence-corrected chi connectivity index (χ2v) is 6.86. The second kappa shape index (κ2) is 7.30. The summed E-state index contributed by atoms with van der Waals surface area (Å²) >= 11 is 6.13. The summed E-state index contributed by atoms with van der Waals surface area (Å²) in [6, 6.07) is 10.3. The fourth-order valence-corrected chi connectivity index (χ4v) is 2.97. The summed E-state index contributed by atoms with van der Waals surface area (Å²) in [6.45, 7) is 0. The number of pyridine rings is 1. The van der Waals surface area contributed by atoms with Crippen LogP contribution < -0.4 is 10.1 Å². The Morgan fingerprint density at radius 3 is 2.54 bits per heavy atom. The Morgan fingerprint density at radius 2 is 1.85 bits per heavy atom. The number of aromatic nitrogens is 3. The molecular weight excluding hydrogens is 348 g/mol. The molecular formula is C20H19ClN4O. The zero-order valence-corrected chi connectivity index (χ0v) is 15.2. The maximum absolute atomic E-state index is 6.13. The lowest BCUT2D eigenvalue weighted by atomic mass is 10.0. The van der Waals surface area contributed by atoms with E-state index < -0.39 is 0 Å². The molecule has 1 aromatic carbocycles. The highest BCUT2D eigenvalue weighted by atomic mass is 35.5. The van der Waals surface area contributed by atoms with Gasteiger partial charge in [0.2, 0.25) is 11.8 Å². The highest BCUT2D eigenvalue weighted by molar-refractivity contribution is 6.30. The number of nitrogens with zero attached hydrogens (tertiary/aromatic N) is 3. The predicted octanol–water partition coefficient (Wildman–Crippen LogP) is 4.37. The monoisotopic (exact) mass is 366 g/mol. The average molecular weight is 367 g/mol. The molecule has 1 aliphatic carbocycles. The lowest BCUT2D eigenvalue weighted by Crippen LogP contribution is -2.05. The first-order valence-corrected chi connectivity index (χ1v) is 8.95. The van der Waals surface area contributed by atoms with Crippen LogP contribution in [-0.2, 0) is 6.42 Å². The maximum Gasteiger partial charge on any atom is 0.222 e. The van der Waals surface area contributed by atoms with Crippen LogP contribution in [0.5, 0.6) is 5.88 Å². The molecule has 4 rings (SSSR count). The first-order valence-electron chi connectivity index (χ1n) is 8.57. The molecule has 1 fully saturated rings. The Balaban J connectivity index is 1.57. The minimum absolute atomic E-state index is 0.548. The topological polar surface area (TPSA) is 59.9 Å². The van der Waals surface area contributed by atoms with Crippen molar-refractivity contribution in [2.24, 2.45) is 0 Å². The normalized spacial score (nSPS) is 13.5. The van der Waals surface area contributed by atoms with Gasteiger partial charge in [0.05, 0.1) is 7.11 Å². The van der Waals surface area contributed by atoms with Crippen LogP contribution in [0.2, 0.25) is 5.02 Å². The lowest BCUT2D eigenvalue weighted by molar-refractivity contribution is 0.399. The van der Waals surface area contributed by atoms with Crippen LogP contribution in [-0.4, -0.2) is 28.1 Å². The van der Waals surface area contributed by atoms with Crippen molar-refractivity contribution in [2.75, 3.05) is 12.4 Å². The van der Waals surface area contributed by atoms with Gasteiger partial charge in [-0.25, -0.2) is 15.0 Å². The number of hydrogen-bond donors (Lipinski definition) is 1. The van der Waals surface area contributed by atoms with Gasteiger partial charge in [0.15, 0.2) is 0 Å². The molecule has 0 spiro atoms. The van der Waals surface area contributed by atoms with Crippen molar-refractivity contribution in [2.45, 2.75) is 25.3 Å². The summed E-state index contributed by atoms with van der Waals surface area (Å²) in [6.07, 6.45) is 8.66. The van der Waals surface area contributed by atoms with E-state index in [-0.39, 0.29) is 0 Å². The molecule has 3 aromatic rings. The fourth-order valence-electron chi connectivity index (χ4n) is 2.78. The van der Waals surface area contributed by atoms with E-state index in [1.54, 1.807) is 7.11 Å². The molecule has 0 saturated heterocycles. The van der Waals surface area contributed by atoms with Crippen molar-refractivity contribution >= 4 is 17.5 Å². The van der Waals surface area contributed by atoms with Crippen LogP contribution >= 0.6 is 11.6 Å². The molecule has 1 aliphatic rings. The maximum atomic E-state index is 6.13. The molecule has 0 unspecified atom stereocenters. The van der Waals surface area contributed by atoms with Crippen molar-refractivity contribution in [3.05, 3.63) is 65.1 Å². The van der Waals surface area contributed by atoms with E-state index in [2.05, 4.69) is 26.3 Å². The third-order valence-electron chi connectivity index (χ3n) is 4.26. The van der Waals surface area contributed by atoms with E-state index in [0.717, 1.165) is 22.3 Å². The molecule has 1 saturated carbocycles. The Morgan fingerprint density at radius 1 is 1.08 bits per heavy atom. The van der Waals surface area contributed by atoms with E-state index in [4.69, 9.17) is 16.3 Å². The van der Waals surface area contributed by atoms with Gasteiger partial charge in [-0.2, -0.15) is 0 Å². The van der Waals surface area contributed by atoms with E-state index in [9.17, 15) is 0 Å². The van der Waals surface area contributed by atoms with E-state index in [1.807, 2.05) is 42.9 Å². The second-order valence-electron chi connectivity index (χ2n) is 6.42. The highest BCUT2D eigenvalue weighted by Crippen LogP contribution is 2.31. The predicted molar refractivity (Wildman–Crippen MR) is 103 cm³/mol. The summed E-state index contributed by atoms with van der Waals surface area (Å²) in [5.74, 6) is 1.28. The van der Waals surface area contributed by atoms with Crippen LogP contribution in [0.3, 0.4) is 0 Å². The first kappa shape index (κ1) is 16.8. The molecule has 1 N–H and O–H groups in total. The van der Waals surface area contributed by atoms with Gasteiger partial charge in [-0.05, 0) is 47.7 Å². The number of nitrogens with one attached hydrogen (secondary N) is 1. The van der Waals surface area contributed by atoms with Crippen LogP contribution in [0.25, 0.3) is 11.1 Å². The van der Waals surface area contributed by atoms with Gasteiger partial charge < -0.3 is 10.1 Å². The molecule has 5 nitrogen and oxygen atoms in total. The molecule has 132 valence electrons. The van der Waals surface area contributed by atoms with Gasteiger partial charge in [-0.1, -0.05) is 23.7 Å². The van der Waals surface area contributed by atoms with E-state index in [1.165, 1.54) is 12.8 Å². The van der Waals surface area contributed by atoms with Crippen molar-refractivity contribution in [3.63, 3.8) is 0 Å². The zero-order valence-electron chi connectivity index (χ0n) is 14.4. The van der Waals surface area contributed by atoms with Gasteiger partial charge >= 0.3 is 0 Å². The molecule has 0 aliphatic heterocycles. The Bertz CT molecular complexity index is 910. The minimum Gasteiger partial charge on any atom is -0.481 e. The number of benzene rings is 1. The number of anilines is 1. The van der Waals surface area contributed by atoms with Crippen molar-refractivity contribution in [1.82, 2.24) is 15.0 Å². The number of methoxy groups -OCH3 is 1. The van der Waals surface area contributed by atoms with Crippen LogP contribution in [0.1, 0.15) is 24.0 Å². The van der Waals surface area contributed by atoms with Gasteiger partial charge in [0, 0.05) is 41.6 Å². The number of halogens is 1. The molecule has 0 bridgehead atoms. The van der Waals surface area contributed by atoms with Crippen molar-refractivity contribution in [1.29, 1.82) is 0 Å². The third kappa shape index (κ3) is 3.94. The molecule has 2 heterocycles. The summed E-state index contributed by atoms with van der Waals surface area (Å²) in [5, 5.41) is 3.98. The summed E-state index contributed by atoms with van der Waals surface area (Å²) in [5.41, 5.74) is 3.99. The SMILES string of the molecule is COc1ncc(Cc2cnc(NC3CC3)nc2)cc1-c1cccc(Cl)c1. The Labute approximate surface area is 157 Å². The molecule has 6 heteroatoms. The van der Waals surface area contributed by atoms with Gasteiger partial charge in [-0.15, -0.1) is 0 Å². The molecule has 0 radical (unpaired) electrons. The van der Waals surface area contributed by atoms with Crippen LogP contribution in [0.15, 0.2) is 48.9 Å². The third-order valence-corrected chi connectivity index (χ3v) is 4.50. The smallest absolute Gasteiger partial charge is 0.222 e. The first-order chi connectivity index (χ1) is 12.7. The summed E-state index contributed by atoms with van der Waals surface area (Å²) in [4.78, 5) is 13.2. The van der Waals surface area contributed by atoms with Gasteiger partial charge in [0.25, 0.3) is 0 Å². The quantitative estimate of drug-likeness (QED) is 0.702. The number of rotatable bonds is 6. The van der Waals surface area contributed by atoms with Gasteiger partial charge in [-0.3, -0.25) is 0 Å². The van der Waals surface area contributed by atoms with E-state index in [0.29, 0.717) is 29.3 Å². The molecule has 0 atom stereocenters. The Kier molecular flexibility index (Phi) is 4.71. The standard InChI is InChI=1S/C20H19ClN4O/c1-26-19-18(15-3-2-4-16(21)9-15)8-13(10-22-19)7-14-11-23-20(24-12-14)25-17-5-6-17/h2-4,8-12,17H,5-7H2,1H3,(H,23,24,25). The zero-order chi connectivity index (χ0) is 17.9. The lowest BCUT2D eigenvalue weighted by Gasteiger charge is -2.10. The average Bonchev–Trinajstić information content (AvgIpc) is 3.47. The van der Waals surface area contributed by atoms with Crippen LogP contribution in [0, 0.1) is 0 Å². The van der Waals surface area contributed by atoms with Crippen molar-refractivity contribution < 1.29 is 4.74 Å². The van der Waals surface area contributed by atoms with Crippen molar-refractivity contribution in [3.8, 4) is 17.0 Å². The van der Waals surface area contributed by atoms with Crippen LogP contribution in [0.4, 0.5) is 5.95 Å². The van der Waals surface area contributed by atoms with E-state index >= 15 is 0 Å². The fraction of sp³-hybridized carbons (Fsp3) is 0.250. The van der Waals surface area contributed by atoms with Gasteiger partial charge in [0.1, 0.15) is 0 Å². The Hall–Kier alpha value is -2.66. The minimum atomic E-state index is 0.548. The number of ether oxygens (including phenoxy) is 1.